The Morgan fingerprint density at radius 3 is 2.30 bits per heavy atom. The van der Waals surface area contributed by atoms with Crippen LogP contribution in [-0.2, 0) is 9.59 Å². The zero-order valence-corrected chi connectivity index (χ0v) is 5.37. The summed E-state index contributed by atoms with van der Waals surface area (Å²) in [5.41, 5.74) is 0. The largest absolute Gasteiger partial charge is 0.360 e. The van der Waals surface area contributed by atoms with Crippen LogP contribution in [-0.4, -0.2) is 34.0 Å². The minimum absolute atomic E-state index is 0.262. The molecule has 0 saturated carbocycles. The molecule has 2 amide bonds. The molecule has 6 heteroatoms. The van der Waals surface area contributed by atoms with Crippen LogP contribution in [0.3, 0.4) is 0 Å². The Bertz CT molecular complexity index is 144. The minimum atomic E-state index is -1.40. The molecule has 3 N–H and O–H groups in total. The molecule has 0 saturated heterocycles. The Balaban J connectivity index is 3.83. The van der Waals surface area contributed by atoms with Crippen molar-refractivity contribution in [3.63, 3.8) is 0 Å². The van der Waals surface area contributed by atoms with E-state index in [1.54, 1.807) is 6.92 Å². The maximum absolute atomic E-state index is 10.4. The van der Waals surface area contributed by atoms with E-state index < -0.39 is 17.0 Å². The number of carbonyl (C=O) groups is 2. The van der Waals surface area contributed by atoms with Gasteiger partial charge in [-0.2, -0.15) is 0 Å². The van der Waals surface area contributed by atoms with Crippen molar-refractivity contribution in [3.05, 3.63) is 0 Å². The molecule has 0 heterocycles. The lowest BCUT2D eigenvalue weighted by atomic mass is 10.5. The summed E-state index contributed by atoms with van der Waals surface area (Å²) in [6, 6.07) is 0. The van der Waals surface area contributed by atoms with Crippen LogP contribution in [0.2, 0.25) is 0 Å². The standard InChI is InChI=1S/C4H8N2O4/c1-2-5-3(7)4(8)6(9)10/h9-10H,2H2,1H3,(H,5,7). The van der Waals surface area contributed by atoms with Gasteiger partial charge in [0.2, 0.25) is 0 Å². The van der Waals surface area contributed by atoms with Gasteiger partial charge in [-0.3, -0.25) is 20.0 Å². The van der Waals surface area contributed by atoms with Crippen molar-refractivity contribution < 1.29 is 20.0 Å². The van der Waals surface area contributed by atoms with Crippen LogP contribution in [0.15, 0.2) is 0 Å². The first-order valence-corrected chi connectivity index (χ1v) is 2.59. The van der Waals surface area contributed by atoms with E-state index in [2.05, 4.69) is 5.32 Å². The Morgan fingerprint density at radius 2 is 2.00 bits per heavy atom. The Morgan fingerprint density at radius 1 is 1.50 bits per heavy atom. The molecule has 0 aromatic heterocycles. The Kier molecular flexibility index (Phi) is 3.37. The highest BCUT2D eigenvalue weighted by Gasteiger charge is 2.17. The van der Waals surface area contributed by atoms with Gasteiger partial charge in [-0.15, -0.1) is 0 Å². The van der Waals surface area contributed by atoms with Gasteiger partial charge in [0.05, 0.1) is 0 Å². The summed E-state index contributed by atoms with van der Waals surface area (Å²) in [5, 5.41) is 17.3. The summed E-state index contributed by atoms with van der Waals surface area (Å²) < 4.78 is 0. The molecule has 0 aliphatic rings. The van der Waals surface area contributed by atoms with E-state index in [1.165, 1.54) is 0 Å². The number of amides is 2. The van der Waals surface area contributed by atoms with Crippen LogP contribution in [0, 0.1) is 0 Å². The predicted octanol–water partition coefficient (Wildman–Crippen LogP) is -1.27. The molecular weight excluding hydrogens is 140 g/mol. The first-order chi connectivity index (χ1) is 4.59. The molecule has 0 unspecified atom stereocenters. The fourth-order valence-corrected chi connectivity index (χ4v) is 0.327. The fourth-order valence-electron chi connectivity index (χ4n) is 0.327. The van der Waals surface area contributed by atoms with E-state index in [-0.39, 0.29) is 6.54 Å². The Hall–Kier alpha value is -1.14. The van der Waals surface area contributed by atoms with Gasteiger partial charge in [-0.05, 0) is 6.92 Å². The SMILES string of the molecule is CCNC(=O)C(=O)N(O)O. The van der Waals surface area contributed by atoms with Crippen LogP contribution < -0.4 is 5.32 Å². The molecule has 0 aliphatic heterocycles. The molecule has 0 aromatic rings. The van der Waals surface area contributed by atoms with Crippen LogP contribution >= 0.6 is 0 Å². The minimum Gasteiger partial charge on any atom is -0.348 e. The van der Waals surface area contributed by atoms with E-state index >= 15 is 0 Å². The van der Waals surface area contributed by atoms with E-state index in [4.69, 9.17) is 10.4 Å². The molecule has 0 spiro atoms. The van der Waals surface area contributed by atoms with Gasteiger partial charge in [0.25, 0.3) is 0 Å². The topological polar surface area (TPSA) is 89.9 Å². The number of nitrogens with one attached hydrogen (secondary N) is 1. The molecule has 0 atom stereocenters. The highest BCUT2D eigenvalue weighted by Crippen LogP contribution is 1.76. The van der Waals surface area contributed by atoms with Crippen molar-refractivity contribution in [2.24, 2.45) is 0 Å². The average Bonchev–Trinajstić information content (AvgIpc) is 1.87. The third-order valence-electron chi connectivity index (χ3n) is 0.713. The van der Waals surface area contributed by atoms with Gasteiger partial charge >= 0.3 is 11.8 Å². The molecular formula is C4H8N2O4. The maximum Gasteiger partial charge on any atom is 0.360 e. The lowest BCUT2D eigenvalue weighted by Gasteiger charge is -2.03. The highest BCUT2D eigenvalue weighted by molar-refractivity contribution is 6.34. The lowest BCUT2D eigenvalue weighted by molar-refractivity contribution is -0.282. The van der Waals surface area contributed by atoms with Crippen molar-refractivity contribution in [2.45, 2.75) is 6.92 Å². The molecule has 0 aromatic carbocycles. The third-order valence-corrected chi connectivity index (χ3v) is 0.713. The number of hydrogen-bond acceptors (Lipinski definition) is 4. The van der Waals surface area contributed by atoms with Crippen LogP contribution in [0.4, 0.5) is 0 Å². The number of hydrogen-bond donors (Lipinski definition) is 3. The van der Waals surface area contributed by atoms with Crippen molar-refractivity contribution in [1.82, 2.24) is 10.5 Å². The second-order valence-corrected chi connectivity index (χ2v) is 1.45. The van der Waals surface area contributed by atoms with Gasteiger partial charge in [-0.1, -0.05) is 5.23 Å². The van der Waals surface area contributed by atoms with Gasteiger partial charge in [0.1, 0.15) is 0 Å². The molecule has 0 radical (unpaired) electrons. The van der Waals surface area contributed by atoms with E-state index in [9.17, 15) is 9.59 Å². The molecule has 0 aliphatic carbocycles. The van der Waals surface area contributed by atoms with Crippen molar-refractivity contribution in [2.75, 3.05) is 6.54 Å². The zero-order valence-electron chi connectivity index (χ0n) is 5.37. The maximum atomic E-state index is 10.4. The summed E-state index contributed by atoms with van der Waals surface area (Å²) in [6.07, 6.45) is 0. The number of nitrogens with zero attached hydrogens (tertiary/aromatic N) is 1. The zero-order chi connectivity index (χ0) is 8.15. The number of likely N-dealkylation sites (N-methyl/N-ethyl adjacent to an activating group) is 1. The molecule has 0 fully saturated rings. The van der Waals surface area contributed by atoms with E-state index in [0.717, 1.165) is 0 Å². The number of carbonyl (C=O) groups excluding carboxylic acids is 2. The monoisotopic (exact) mass is 148 g/mol. The second kappa shape index (κ2) is 3.80. The predicted molar refractivity (Wildman–Crippen MR) is 29.1 cm³/mol. The second-order valence-electron chi connectivity index (χ2n) is 1.45. The molecule has 58 valence electrons. The van der Waals surface area contributed by atoms with Gasteiger partial charge < -0.3 is 5.32 Å². The summed E-state index contributed by atoms with van der Waals surface area (Å²) in [7, 11) is 0. The first kappa shape index (κ1) is 8.86. The third kappa shape index (κ3) is 2.42. The molecule has 6 nitrogen and oxygen atoms in total. The Labute approximate surface area is 57.0 Å². The van der Waals surface area contributed by atoms with Crippen molar-refractivity contribution >= 4 is 11.8 Å². The lowest BCUT2D eigenvalue weighted by Crippen LogP contribution is -2.39. The van der Waals surface area contributed by atoms with Crippen LogP contribution in [0.5, 0.6) is 0 Å². The summed E-state index contributed by atoms with van der Waals surface area (Å²) in [5.74, 6) is -2.45. The molecule has 10 heavy (non-hydrogen) atoms. The van der Waals surface area contributed by atoms with Gasteiger partial charge in [0, 0.05) is 6.54 Å². The van der Waals surface area contributed by atoms with Gasteiger partial charge in [-0.25, -0.2) is 0 Å². The van der Waals surface area contributed by atoms with E-state index in [0.29, 0.717) is 0 Å². The fraction of sp³-hybridized carbons (Fsp3) is 0.500. The van der Waals surface area contributed by atoms with Crippen molar-refractivity contribution in [1.29, 1.82) is 0 Å². The number of rotatable bonds is 1. The first-order valence-electron chi connectivity index (χ1n) is 2.59. The van der Waals surface area contributed by atoms with Crippen molar-refractivity contribution in [3.8, 4) is 0 Å². The van der Waals surface area contributed by atoms with Gasteiger partial charge in [0.15, 0.2) is 0 Å². The normalized spacial score (nSPS) is 8.70. The van der Waals surface area contributed by atoms with E-state index in [1.807, 2.05) is 0 Å². The average molecular weight is 148 g/mol. The van der Waals surface area contributed by atoms with Crippen LogP contribution in [0.1, 0.15) is 6.92 Å². The smallest absolute Gasteiger partial charge is 0.348 e. The number of hydroxylamine groups is 2. The quantitative estimate of drug-likeness (QED) is 0.245. The summed E-state index contributed by atoms with van der Waals surface area (Å²) in [4.78, 5) is 20.6. The summed E-state index contributed by atoms with van der Waals surface area (Å²) in [6.45, 7) is 1.86. The highest BCUT2D eigenvalue weighted by atomic mass is 16.8. The summed E-state index contributed by atoms with van der Waals surface area (Å²) >= 11 is 0. The molecule has 0 rings (SSSR count). The molecule has 0 bridgehead atoms. The van der Waals surface area contributed by atoms with Crippen LogP contribution in [0.25, 0.3) is 0 Å².